The van der Waals surface area contributed by atoms with Crippen LogP contribution in [-0.4, -0.2) is 17.7 Å². The summed E-state index contributed by atoms with van der Waals surface area (Å²) in [5, 5.41) is 2.44. The number of carbonyl (C=O) groups excluding carboxylic acids is 1. The minimum Gasteiger partial charge on any atom is -0.450 e. The van der Waals surface area contributed by atoms with Crippen molar-refractivity contribution in [3.8, 4) is 0 Å². The second-order valence-electron chi connectivity index (χ2n) is 2.49. The van der Waals surface area contributed by atoms with Gasteiger partial charge < -0.3 is 9.15 Å². The van der Waals surface area contributed by atoms with Gasteiger partial charge in [0.1, 0.15) is 5.69 Å². The van der Waals surface area contributed by atoms with E-state index in [0.717, 1.165) is 0 Å². The summed E-state index contributed by atoms with van der Waals surface area (Å²) in [6.45, 7) is 5.53. The number of anilines is 1. The van der Waals surface area contributed by atoms with Crippen molar-refractivity contribution in [2.24, 2.45) is 0 Å². The Hall–Kier alpha value is -1.52. The van der Waals surface area contributed by atoms with Crippen molar-refractivity contribution in [1.82, 2.24) is 4.98 Å². The fourth-order valence-electron chi connectivity index (χ4n) is 0.907. The molecule has 1 rings (SSSR count). The van der Waals surface area contributed by atoms with Gasteiger partial charge in [-0.3, -0.25) is 5.32 Å². The minimum absolute atomic E-state index is 0.331. The summed E-state index contributed by atoms with van der Waals surface area (Å²) >= 11 is 0. The topological polar surface area (TPSA) is 64.4 Å². The molecule has 1 heterocycles. The zero-order valence-electron chi connectivity index (χ0n) is 7.88. The number of nitrogens with zero attached hydrogens (tertiary/aromatic N) is 1. The molecule has 5 nitrogen and oxygen atoms in total. The SMILES string of the molecule is CCOC(=O)Nc1oc(C)nc1C. The average Bonchev–Trinajstić information content (AvgIpc) is 2.30. The molecule has 0 bridgehead atoms. The zero-order chi connectivity index (χ0) is 9.84. The molecule has 0 saturated heterocycles. The molecular formula is C8H12N2O3. The van der Waals surface area contributed by atoms with Gasteiger partial charge in [-0.1, -0.05) is 0 Å². The van der Waals surface area contributed by atoms with E-state index in [1.165, 1.54) is 0 Å². The molecule has 1 N–H and O–H groups in total. The first-order valence-corrected chi connectivity index (χ1v) is 4.01. The van der Waals surface area contributed by atoms with Crippen LogP contribution in [0.2, 0.25) is 0 Å². The molecule has 0 fully saturated rings. The molecule has 13 heavy (non-hydrogen) atoms. The molecule has 0 aromatic carbocycles. The van der Waals surface area contributed by atoms with Gasteiger partial charge in [-0.15, -0.1) is 0 Å². The molecular weight excluding hydrogens is 172 g/mol. The fraction of sp³-hybridized carbons (Fsp3) is 0.500. The Labute approximate surface area is 76.1 Å². The molecule has 1 aromatic heterocycles. The van der Waals surface area contributed by atoms with Gasteiger partial charge in [-0.25, -0.2) is 9.78 Å². The maximum absolute atomic E-state index is 11.0. The van der Waals surface area contributed by atoms with Gasteiger partial charge >= 0.3 is 6.09 Å². The number of hydrogen-bond acceptors (Lipinski definition) is 4. The molecule has 0 aliphatic heterocycles. The van der Waals surface area contributed by atoms with Crippen molar-refractivity contribution < 1.29 is 13.9 Å². The zero-order valence-corrected chi connectivity index (χ0v) is 7.88. The lowest BCUT2D eigenvalue weighted by molar-refractivity contribution is 0.167. The van der Waals surface area contributed by atoms with Gasteiger partial charge in [0.15, 0.2) is 5.89 Å². The van der Waals surface area contributed by atoms with Crippen molar-refractivity contribution in [2.75, 3.05) is 11.9 Å². The minimum atomic E-state index is -0.526. The Morgan fingerprint density at radius 3 is 2.77 bits per heavy atom. The largest absolute Gasteiger partial charge is 0.450 e. The van der Waals surface area contributed by atoms with Crippen molar-refractivity contribution in [3.05, 3.63) is 11.6 Å². The van der Waals surface area contributed by atoms with E-state index in [9.17, 15) is 4.79 Å². The van der Waals surface area contributed by atoms with Crippen LogP contribution in [0.4, 0.5) is 10.7 Å². The summed E-state index contributed by atoms with van der Waals surface area (Å²) in [6.07, 6.45) is -0.526. The number of oxazole rings is 1. The van der Waals surface area contributed by atoms with Gasteiger partial charge in [0, 0.05) is 6.92 Å². The second kappa shape index (κ2) is 3.93. The quantitative estimate of drug-likeness (QED) is 0.761. The number of aryl methyl sites for hydroxylation is 2. The Morgan fingerprint density at radius 2 is 2.31 bits per heavy atom. The highest BCUT2D eigenvalue weighted by molar-refractivity contribution is 5.83. The first kappa shape index (κ1) is 9.57. The van der Waals surface area contributed by atoms with Crippen LogP contribution in [0.15, 0.2) is 4.42 Å². The Morgan fingerprint density at radius 1 is 1.62 bits per heavy atom. The Balaban J connectivity index is 2.63. The predicted molar refractivity (Wildman–Crippen MR) is 46.6 cm³/mol. The fourth-order valence-corrected chi connectivity index (χ4v) is 0.907. The lowest BCUT2D eigenvalue weighted by Crippen LogP contribution is -2.13. The van der Waals surface area contributed by atoms with E-state index in [0.29, 0.717) is 24.1 Å². The van der Waals surface area contributed by atoms with Crippen LogP contribution >= 0.6 is 0 Å². The molecule has 0 aliphatic carbocycles. The summed E-state index contributed by atoms with van der Waals surface area (Å²) < 4.78 is 9.78. The molecule has 0 aliphatic rings. The smallest absolute Gasteiger partial charge is 0.414 e. The second-order valence-corrected chi connectivity index (χ2v) is 2.49. The van der Waals surface area contributed by atoms with Gasteiger partial charge in [0.25, 0.3) is 0 Å². The molecule has 1 amide bonds. The highest BCUT2D eigenvalue weighted by atomic mass is 16.5. The van der Waals surface area contributed by atoms with Crippen molar-refractivity contribution >= 4 is 12.0 Å². The van der Waals surface area contributed by atoms with Gasteiger partial charge in [0.05, 0.1) is 6.61 Å². The monoisotopic (exact) mass is 184 g/mol. The Kier molecular flexibility index (Phi) is 2.89. The molecule has 5 heteroatoms. The van der Waals surface area contributed by atoms with E-state index in [4.69, 9.17) is 4.42 Å². The average molecular weight is 184 g/mol. The van der Waals surface area contributed by atoms with Crippen LogP contribution in [0.5, 0.6) is 0 Å². The van der Waals surface area contributed by atoms with Gasteiger partial charge in [-0.2, -0.15) is 0 Å². The van der Waals surface area contributed by atoms with Crippen LogP contribution < -0.4 is 5.32 Å². The molecule has 0 saturated carbocycles. The summed E-state index contributed by atoms with van der Waals surface area (Å²) in [6, 6.07) is 0. The first-order chi connectivity index (χ1) is 6.13. The molecule has 0 spiro atoms. The maximum Gasteiger partial charge on any atom is 0.414 e. The number of hydrogen-bond donors (Lipinski definition) is 1. The normalized spacial score (nSPS) is 9.77. The van der Waals surface area contributed by atoms with Crippen molar-refractivity contribution in [1.29, 1.82) is 0 Å². The van der Waals surface area contributed by atoms with Crippen LogP contribution in [0.3, 0.4) is 0 Å². The van der Waals surface area contributed by atoms with E-state index in [1.54, 1.807) is 20.8 Å². The van der Waals surface area contributed by atoms with E-state index >= 15 is 0 Å². The van der Waals surface area contributed by atoms with Crippen LogP contribution in [0, 0.1) is 13.8 Å². The summed E-state index contributed by atoms with van der Waals surface area (Å²) in [4.78, 5) is 14.9. The Bertz CT molecular complexity index is 306. The van der Waals surface area contributed by atoms with Gasteiger partial charge in [-0.05, 0) is 13.8 Å². The van der Waals surface area contributed by atoms with E-state index in [2.05, 4.69) is 15.0 Å². The third kappa shape index (κ3) is 2.47. The number of carbonyl (C=O) groups is 1. The lowest BCUT2D eigenvalue weighted by Gasteiger charge is -2.01. The summed E-state index contributed by atoms with van der Waals surface area (Å²) in [7, 11) is 0. The van der Waals surface area contributed by atoms with E-state index in [1.807, 2.05) is 0 Å². The van der Waals surface area contributed by atoms with E-state index < -0.39 is 6.09 Å². The number of ether oxygens (including phenoxy) is 1. The molecule has 1 aromatic rings. The molecule has 0 unspecified atom stereocenters. The van der Waals surface area contributed by atoms with Crippen molar-refractivity contribution in [2.45, 2.75) is 20.8 Å². The highest BCUT2D eigenvalue weighted by Crippen LogP contribution is 2.15. The van der Waals surface area contributed by atoms with Crippen molar-refractivity contribution in [3.63, 3.8) is 0 Å². The van der Waals surface area contributed by atoms with Crippen LogP contribution in [0.1, 0.15) is 18.5 Å². The highest BCUT2D eigenvalue weighted by Gasteiger charge is 2.10. The summed E-state index contributed by atoms with van der Waals surface area (Å²) in [5.41, 5.74) is 0.644. The number of aromatic nitrogens is 1. The third-order valence-corrected chi connectivity index (χ3v) is 1.39. The van der Waals surface area contributed by atoms with Crippen LogP contribution in [-0.2, 0) is 4.74 Å². The molecule has 72 valence electrons. The molecule has 0 radical (unpaired) electrons. The van der Waals surface area contributed by atoms with Gasteiger partial charge in [0.2, 0.25) is 5.88 Å². The number of amides is 1. The number of nitrogens with one attached hydrogen (secondary N) is 1. The molecule has 0 atom stereocenters. The standard InChI is InChI=1S/C8H12N2O3/c1-4-12-8(11)10-7-5(2)9-6(3)13-7/h4H2,1-3H3,(H,10,11). The maximum atomic E-state index is 11.0. The lowest BCUT2D eigenvalue weighted by atomic mass is 10.5. The van der Waals surface area contributed by atoms with Crippen LogP contribution in [0.25, 0.3) is 0 Å². The third-order valence-electron chi connectivity index (χ3n) is 1.39. The first-order valence-electron chi connectivity index (χ1n) is 4.01. The van der Waals surface area contributed by atoms with E-state index in [-0.39, 0.29) is 0 Å². The number of rotatable bonds is 2. The predicted octanol–water partition coefficient (Wildman–Crippen LogP) is 1.86. The summed E-state index contributed by atoms with van der Waals surface area (Å²) in [5.74, 6) is 0.861.